The molecule has 0 saturated carbocycles. The minimum atomic E-state index is -0.252. The molecule has 2 aromatic rings. The molecular formula is C26H35N3O4. The minimum Gasteiger partial charge on any atom is -0.492 e. The van der Waals surface area contributed by atoms with Crippen LogP contribution < -0.4 is 15.4 Å². The molecule has 0 radical (unpaired) electrons. The van der Waals surface area contributed by atoms with Crippen LogP contribution in [0.15, 0.2) is 42.5 Å². The van der Waals surface area contributed by atoms with Crippen LogP contribution in [0.5, 0.6) is 5.75 Å². The quantitative estimate of drug-likeness (QED) is 0.578. The summed E-state index contributed by atoms with van der Waals surface area (Å²) in [6, 6.07) is 13.9. The van der Waals surface area contributed by atoms with Gasteiger partial charge in [0.2, 0.25) is 5.91 Å². The summed E-state index contributed by atoms with van der Waals surface area (Å²) in [5.74, 6) is 0.292. The van der Waals surface area contributed by atoms with E-state index >= 15 is 0 Å². The molecule has 7 nitrogen and oxygen atoms in total. The number of carbonyl (C=O) groups is 2. The lowest BCUT2D eigenvalue weighted by molar-refractivity contribution is -0.120. The van der Waals surface area contributed by atoms with Crippen molar-refractivity contribution in [3.05, 3.63) is 64.7 Å². The van der Waals surface area contributed by atoms with E-state index in [1.54, 1.807) is 0 Å². The largest absolute Gasteiger partial charge is 0.492 e. The van der Waals surface area contributed by atoms with Crippen LogP contribution in [0.1, 0.15) is 39.9 Å². The maximum Gasteiger partial charge on any atom is 0.251 e. The second kappa shape index (κ2) is 12.4. The van der Waals surface area contributed by atoms with Crippen molar-refractivity contribution in [2.45, 2.75) is 39.3 Å². The van der Waals surface area contributed by atoms with Crippen molar-refractivity contribution >= 4 is 11.8 Å². The number of carbonyl (C=O) groups excluding carboxylic acids is 2. The highest BCUT2D eigenvalue weighted by molar-refractivity contribution is 5.96. The second-order valence-corrected chi connectivity index (χ2v) is 8.66. The number of amides is 2. The van der Waals surface area contributed by atoms with Gasteiger partial charge in [-0.2, -0.15) is 0 Å². The highest BCUT2D eigenvalue weighted by Gasteiger charge is 2.18. The summed E-state index contributed by atoms with van der Waals surface area (Å²) >= 11 is 0. The van der Waals surface area contributed by atoms with Crippen LogP contribution in [0.2, 0.25) is 0 Å². The van der Waals surface area contributed by atoms with Gasteiger partial charge in [-0.1, -0.05) is 29.3 Å². The van der Waals surface area contributed by atoms with Gasteiger partial charge in [0.25, 0.3) is 5.91 Å². The smallest absolute Gasteiger partial charge is 0.251 e. The number of benzene rings is 2. The monoisotopic (exact) mass is 453 g/mol. The Bertz CT molecular complexity index is 921. The number of ether oxygens (including phenoxy) is 2. The molecule has 2 aromatic carbocycles. The first-order valence-corrected chi connectivity index (χ1v) is 11.5. The van der Waals surface area contributed by atoms with Crippen molar-refractivity contribution in [1.82, 2.24) is 15.5 Å². The van der Waals surface area contributed by atoms with E-state index < -0.39 is 0 Å². The standard InChI is InChI=1S/C26H35N3O4/c1-19-13-20(2)15-22(14-19)26(31)28-18-25(30)27-17-21-5-4-6-24(16-21)33-12-9-29(3)23-7-10-32-11-8-23/h4-6,13-16,23H,7-12,17-18H2,1-3H3,(H,27,30)(H,28,31). The molecule has 1 aliphatic rings. The van der Waals surface area contributed by atoms with Gasteiger partial charge < -0.3 is 20.1 Å². The maximum atomic E-state index is 12.3. The Kier molecular flexibility index (Phi) is 9.27. The molecule has 1 aliphatic heterocycles. The average molecular weight is 454 g/mol. The number of hydrogen-bond acceptors (Lipinski definition) is 5. The predicted molar refractivity (Wildman–Crippen MR) is 129 cm³/mol. The molecule has 0 aliphatic carbocycles. The van der Waals surface area contributed by atoms with E-state index in [2.05, 4.69) is 22.6 Å². The van der Waals surface area contributed by atoms with Crippen LogP contribution in [0.4, 0.5) is 0 Å². The molecule has 0 spiro atoms. The molecule has 1 heterocycles. The van der Waals surface area contributed by atoms with Gasteiger partial charge in [-0.15, -0.1) is 0 Å². The molecule has 2 amide bonds. The molecule has 0 atom stereocenters. The van der Waals surface area contributed by atoms with E-state index in [0.29, 0.717) is 24.8 Å². The SMILES string of the molecule is Cc1cc(C)cc(C(=O)NCC(=O)NCc2cccc(OCCN(C)C3CCOCC3)c2)c1. The molecule has 33 heavy (non-hydrogen) atoms. The Balaban J connectivity index is 1.38. The van der Waals surface area contributed by atoms with Gasteiger partial charge >= 0.3 is 0 Å². The Morgan fingerprint density at radius 2 is 1.79 bits per heavy atom. The lowest BCUT2D eigenvalue weighted by Crippen LogP contribution is -2.38. The number of rotatable bonds is 10. The van der Waals surface area contributed by atoms with Gasteiger partial charge in [-0.3, -0.25) is 14.5 Å². The van der Waals surface area contributed by atoms with E-state index in [1.807, 2.05) is 56.3 Å². The molecule has 0 unspecified atom stereocenters. The molecular weight excluding hydrogens is 418 g/mol. The lowest BCUT2D eigenvalue weighted by atomic mass is 10.1. The summed E-state index contributed by atoms with van der Waals surface area (Å²) in [5.41, 5.74) is 3.54. The van der Waals surface area contributed by atoms with Crippen molar-refractivity contribution in [2.75, 3.05) is 40.0 Å². The second-order valence-electron chi connectivity index (χ2n) is 8.66. The zero-order valence-corrected chi connectivity index (χ0v) is 19.9. The molecule has 1 saturated heterocycles. The molecule has 1 fully saturated rings. The van der Waals surface area contributed by atoms with Crippen molar-refractivity contribution in [3.8, 4) is 5.75 Å². The van der Waals surface area contributed by atoms with Crippen molar-refractivity contribution < 1.29 is 19.1 Å². The number of hydrogen-bond donors (Lipinski definition) is 2. The average Bonchev–Trinajstić information content (AvgIpc) is 2.81. The van der Waals surface area contributed by atoms with Gasteiger partial charge in [0.15, 0.2) is 0 Å². The number of likely N-dealkylation sites (N-methyl/N-ethyl adjacent to an activating group) is 1. The van der Waals surface area contributed by atoms with Crippen LogP contribution in [0.3, 0.4) is 0 Å². The Morgan fingerprint density at radius 1 is 1.06 bits per heavy atom. The zero-order chi connectivity index (χ0) is 23.6. The van der Waals surface area contributed by atoms with Crippen LogP contribution in [0, 0.1) is 13.8 Å². The molecule has 178 valence electrons. The van der Waals surface area contributed by atoms with Crippen molar-refractivity contribution in [3.63, 3.8) is 0 Å². The molecule has 7 heteroatoms. The van der Waals surface area contributed by atoms with E-state index in [4.69, 9.17) is 9.47 Å². The van der Waals surface area contributed by atoms with E-state index in [0.717, 1.165) is 55.0 Å². The highest BCUT2D eigenvalue weighted by atomic mass is 16.5. The normalized spacial score (nSPS) is 14.2. The third-order valence-corrected chi connectivity index (χ3v) is 5.81. The van der Waals surface area contributed by atoms with Gasteiger partial charge in [-0.05, 0) is 63.6 Å². The van der Waals surface area contributed by atoms with Crippen molar-refractivity contribution in [2.24, 2.45) is 0 Å². The molecule has 2 N–H and O–H groups in total. The van der Waals surface area contributed by atoms with Crippen LogP contribution in [-0.2, 0) is 16.1 Å². The summed E-state index contributed by atoms with van der Waals surface area (Å²) in [5, 5.41) is 5.52. The topological polar surface area (TPSA) is 79.9 Å². The Labute approximate surface area is 196 Å². The van der Waals surface area contributed by atoms with Crippen LogP contribution in [-0.4, -0.2) is 62.7 Å². The highest BCUT2D eigenvalue weighted by Crippen LogP contribution is 2.15. The third kappa shape index (κ3) is 8.18. The number of nitrogens with one attached hydrogen (secondary N) is 2. The predicted octanol–water partition coefficient (Wildman–Crippen LogP) is 2.84. The fourth-order valence-electron chi connectivity index (χ4n) is 3.99. The van der Waals surface area contributed by atoms with Gasteiger partial charge in [0, 0.05) is 37.9 Å². The van der Waals surface area contributed by atoms with E-state index in [9.17, 15) is 9.59 Å². The summed E-state index contributed by atoms with van der Waals surface area (Å²) < 4.78 is 11.3. The zero-order valence-electron chi connectivity index (χ0n) is 19.9. The first-order chi connectivity index (χ1) is 15.9. The van der Waals surface area contributed by atoms with E-state index in [1.165, 1.54) is 0 Å². The number of nitrogens with zero attached hydrogens (tertiary/aromatic N) is 1. The van der Waals surface area contributed by atoms with Crippen LogP contribution in [0.25, 0.3) is 0 Å². The summed E-state index contributed by atoms with van der Waals surface area (Å²) in [6.45, 7) is 7.31. The minimum absolute atomic E-state index is 0.0689. The lowest BCUT2D eigenvalue weighted by Gasteiger charge is -2.31. The first kappa shape index (κ1) is 24.7. The Morgan fingerprint density at radius 3 is 2.52 bits per heavy atom. The third-order valence-electron chi connectivity index (χ3n) is 5.81. The summed E-state index contributed by atoms with van der Waals surface area (Å²) in [6.07, 6.45) is 2.13. The fourth-order valence-corrected chi connectivity index (χ4v) is 3.99. The van der Waals surface area contributed by atoms with E-state index in [-0.39, 0.29) is 18.4 Å². The summed E-state index contributed by atoms with van der Waals surface area (Å²) in [4.78, 5) is 26.8. The van der Waals surface area contributed by atoms with Crippen LogP contribution >= 0.6 is 0 Å². The van der Waals surface area contributed by atoms with Gasteiger partial charge in [-0.25, -0.2) is 0 Å². The van der Waals surface area contributed by atoms with Crippen molar-refractivity contribution in [1.29, 1.82) is 0 Å². The molecule has 0 aromatic heterocycles. The molecule has 0 bridgehead atoms. The Hall–Kier alpha value is -2.90. The first-order valence-electron chi connectivity index (χ1n) is 11.5. The number of aryl methyl sites for hydroxylation is 2. The molecule has 3 rings (SSSR count). The fraction of sp³-hybridized carbons (Fsp3) is 0.462. The van der Waals surface area contributed by atoms with Gasteiger partial charge in [0.1, 0.15) is 12.4 Å². The van der Waals surface area contributed by atoms with Gasteiger partial charge in [0.05, 0.1) is 6.54 Å². The summed E-state index contributed by atoms with van der Waals surface area (Å²) in [7, 11) is 2.13. The maximum absolute atomic E-state index is 12.3.